The van der Waals surface area contributed by atoms with Gasteiger partial charge in [0.15, 0.2) is 5.76 Å². The third-order valence-corrected chi connectivity index (χ3v) is 3.70. The minimum Gasteiger partial charge on any atom is -0.459 e. The lowest BCUT2D eigenvalue weighted by Crippen LogP contribution is -2.44. The Bertz CT molecular complexity index is 834. The molecule has 0 bridgehead atoms. The molecular weight excluding hydrogens is 320 g/mol. The first-order chi connectivity index (χ1) is 12.0. The molecule has 3 N–H and O–H groups in total. The van der Waals surface area contributed by atoms with Gasteiger partial charge < -0.3 is 14.7 Å². The second-order valence-electron chi connectivity index (χ2n) is 6.22. The Labute approximate surface area is 144 Å². The number of carbonyl (C=O) groups is 2. The predicted molar refractivity (Wildman–Crippen MR) is 94.1 cm³/mol. The zero-order valence-corrected chi connectivity index (χ0v) is 14.1. The van der Waals surface area contributed by atoms with Gasteiger partial charge in [-0.05, 0) is 36.6 Å². The molecule has 2 heterocycles. The summed E-state index contributed by atoms with van der Waals surface area (Å²) in [5, 5.41) is 5.45. The van der Waals surface area contributed by atoms with Crippen molar-refractivity contribution >= 4 is 28.8 Å². The van der Waals surface area contributed by atoms with Crippen LogP contribution < -0.4 is 10.6 Å². The molecule has 0 saturated carbocycles. The Morgan fingerprint density at radius 1 is 1.20 bits per heavy atom. The highest BCUT2D eigenvalue weighted by molar-refractivity contribution is 6.00. The van der Waals surface area contributed by atoms with Crippen molar-refractivity contribution in [2.75, 3.05) is 5.32 Å². The minimum atomic E-state index is -0.689. The highest BCUT2D eigenvalue weighted by Gasteiger charge is 2.24. The number of nitrogens with one attached hydrogen (secondary N) is 3. The maximum absolute atomic E-state index is 12.6. The van der Waals surface area contributed by atoms with Gasteiger partial charge in [-0.25, -0.2) is 4.98 Å². The molecule has 3 aromatic rings. The summed E-state index contributed by atoms with van der Waals surface area (Å²) in [4.78, 5) is 32.2. The average Bonchev–Trinajstić information content (AvgIpc) is 3.22. The molecule has 0 fully saturated rings. The van der Waals surface area contributed by atoms with Gasteiger partial charge in [-0.1, -0.05) is 26.0 Å². The van der Waals surface area contributed by atoms with Crippen LogP contribution >= 0.6 is 0 Å². The van der Waals surface area contributed by atoms with Crippen molar-refractivity contribution in [1.29, 1.82) is 0 Å². The van der Waals surface area contributed by atoms with Crippen LogP contribution in [0.3, 0.4) is 0 Å². The van der Waals surface area contributed by atoms with E-state index in [4.69, 9.17) is 4.42 Å². The first-order valence-corrected chi connectivity index (χ1v) is 8.13. The summed E-state index contributed by atoms with van der Waals surface area (Å²) < 4.78 is 5.08. The fourth-order valence-electron chi connectivity index (χ4n) is 2.56. The van der Waals surface area contributed by atoms with Gasteiger partial charge in [-0.3, -0.25) is 14.9 Å². The maximum atomic E-state index is 12.6. The summed E-state index contributed by atoms with van der Waals surface area (Å²) in [6, 6.07) is 9.98. The van der Waals surface area contributed by atoms with E-state index in [9.17, 15) is 9.59 Å². The Balaban J connectivity index is 1.73. The Kier molecular flexibility index (Phi) is 4.83. The van der Waals surface area contributed by atoms with E-state index in [-0.39, 0.29) is 17.6 Å². The highest BCUT2D eigenvalue weighted by Crippen LogP contribution is 2.14. The van der Waals surface area contributed by atoms with Gasteiger partial charge in [-0.15, -0.1) is 0 Å². The van der Waals surface area contributed by atoms with E-state index in [1.807, 2.05) is 38.1 Å². The monoisotopic (exact) mass is 340 g/mol. The molecule has 2 amide bonds. The molecule has 25 heavy (non-hydrogen) atoms. The van der Waals surface area contributed by atoms with Crippen LogP contribution in [0.2, 0.25) is 0 Å². The Morgan fingerprint density at radius 3 is 2.68 bits per heavy atom. The first-order valence-electron chi connectivity index (χ1n) is 8.13. The number of fused-ring (bicyclic) bond motifs is 1. The van der Waals surface area contributed by atoms with Gasteiger partial charge in [0.25, 0.3) is 5.91 Å². The third-order valence-electron chi connectivity index (χ3n) is 3.70. The number of furan rings is 1. The van der Waals surface area contributed by atoms with Gasteiger partial charge >= 0.3 is 0 Å². The number of aromatic amines is 1. The number of para-hydroxylation sites is 2. The van der Waals surface area contributed by atoms with Crippen molar-refractivity contribution in [3.63, 3.8) is 0 Å². The van der Waals surface area contributed by atoms with E-state index < -0.39 is 11.9 Å². The van der Waals surface area contributed by atoms with Crippen molar-refractivity contribution in [1.82, 2.24) is 15.3 Å². The Morgan fingerprint density at radius 2 is 2.00 bits per heavy atom. The number of hydrogen-bond donors (Lipinski definition) is 3. The number of nitrogens with zero attached hydrogens (tertiary/aromatic N) is 1. The van der Waals surface area contributed by atoms with Crippen LogP contribution in [0.5, 0.6) is 0 Å². The molecule has 7 nitrogen and oxygen atoms in total. The minimum absolute atomic E-state index is 0.172. The molecule has 0 aliphatic carbocycles. The summed E-state index contributed by atoms with van der Waals surface area (Å²) in [5.74, 6) is 0.00360. The predicted octanol–water partition coefficient (Wildman–Crippen LogP) is 2.94. The van der Waals surface area contributed by atoms with Crippen molar-refractivity contribution in [3.05, 3.63) is 48.4 Å². The number of aromatic nitrogens is 2. The van der Waals surface area contributed by atoms with Crippen molar-refractivity contribution in [2.24, 2.45) is 5.92 Å². The zero-order valence-electron chi connectivity index (χ0n) is 14.1. The number of benzene rings is 1. The number of imidazole rings is 1. The molecule has 3 rings (SSSR count). The molecule has 0 unspecified atom stereocenters. The quantitative estimate of drug-likeness (QED) is 0.642. The molecule has 0 saturated heterocycles. The van der Waals surface area contributed by atoms with Gasteiger partial charge in [0, 0.05) is 0 Å². The van der Waals surface area contributed by atoms with Crippen LogP contribution in [-0.2, 0) is 4.79 Å². The van der Waals surface area contributed by atoms with Crippen LogP contribution in [0.15, 0.2) is 47.1 Å². The topological polar surface area (TPSA) is 100 Å². The Hall–Kier alpha value is -3.09. The lowest BCUT2D eigenvalue weighted by atomic mass is 10.0. The SMILES string of the molecule is CC(C)C[C@@H](NC(=O)c1ccco1)C(=O)Nc1nc2ccccc2[nH]1. The maximum Gasteiger partial charge on any atom is 0.287 e. The van der Waals surface area contributed by atoms with E-state index in [2.05, 4.69) is 20.6 Å². The fourth-order valence-corrected chi connectivity index (χ4v) is 2.56. The highest BCUT2D eigenvalue weighted by atomic mass is 16.3. The van der Waals surface area contributed by atoms with Gasteiger partial charge in [0.05, 0.1) is 17.3 Å². The number of carbonyl (C=O) groups excluding carboxylic acids is 2. The summed E-state index contributed by atoms with van der Waals surface area (Å²) in [6.07, 6.45) is 1.92. The number of hydrogen-bond acceptors (Lipinski definition) is 4. The molecule has 0 spiro atoms. The average molecular weight is 340 g/mol. The van der Waals surface area contributed by atoms with Crippen molar-refractivity contribution in [3.8, 4) is 0 Å². The normalized spacial score (nSPS) is 12.3. The van der Waals surface area contributed by atoms with E-state index in [0.717, 1.165) is 11.0 Å². The molecular formula is C18H20N4O3. The number of anilines is 1. The molecule has 0 radical (unpaired) electrons. The van der Waals surface area contributed by atoms with Crippen LogP contribution in [0, 0.1) is 5.92 Å². The summed E-state index contributed by atoms with van der Waals surface area (Å²) in [7, 11) is 0. The first kappa shape index (κ1) is 16.8. The smallest absolute Gasteiger partial charge is 0.287 e. The van der Waals surface area contributed by atoms with Crippen LogP contribution in [0.4, 0.5) is 5.95 Å². The lowest BCUT2D eigenvalue weighted by molar-refractivity contribution is -0.118. The molecule has 130 valence electrons. The van der Waals surface area contributed by atoms with Crippen LogP contribution in [-0.4, -0.2) is 27.8 Å². The molecule has 0 aliphatic heterocycles. The lowest BCUT2D eigenvalue weighted by Gasteiger charge is -2.18. The zero-order chi connectivity index (χ0) is 17.8. The summed E-state index contributed by atoms with van der Waals surface area (Å²) in [5.41, 5.74) is 1.59. The standard InChI is InChI=1S/C18H20N4O3/c1-11(2)10-14(19-17(24)15-8-5-9-25-15)16(23)22-18-20-12-6-3-4-7-13(12)21-18/h3-9,11,14H,10H2,1-2H3,(H,19,24)(H2,20,21,22,23)/t14-/m1/s1. The largest absolute Gasteiger partial charge is 0.459 e. The van der Waals surface area contributed by atoms with Gasteiger partial charge in [-0.2, -0.15) is 0 Å². The number of rotatable bonds is 6. The molecule has 7 heteroatoms. The van der Waals surface area contributed by atoms with E-state index >= 15 is 0 Å². The second kappa shape index (κ2) is 7.21. The summed E-state index contributed by atoms with van der Waals surface area (Å²) in [6.45, 7) is 3.97. The van der Waals surface area contributed by atoms with Crippen LogP contribution in [0.1, 0.15) is 30.8 Å². The van der Waals surface area contributed by atoms with E-state index in [1.165, 1.54) is 6.26 Å². The molecule has 0 aliphatic rings. The second-order valence-corrected chi connectivity index (χ2v) is 6.22. The summed E-state index contributed by atoms with van der Waals surface area (Å²) >= 11 is 0. The van der Waals surface area contributed by atoms with Gasteiger partial charge in [0.1, 0.15) is 6.04 Å². The number of amides is 2. The molecule has 1 aromatic carbocycles. The molecule has 2 aromatic heterocycles. The fraction of sp³-hybridized carbons (Fsp3) is 0.278. The van der Waals surface area contributed by atoms with E-state index in [1.54, 1.807) is 12.1 Å². The van der Waals surface area contributed by atoms with Crippen molar-refractivity contribution < 1.29 is 14.0 Å². The third kappa shape index (κ3) is 4.06. The molecule has 1 atom stereocenters. The number of H-pyrrole nitrogens is 1. The van der Waals surface area contributed by atoms with Crippen LogP contribution in [0.25, 0.3) is 11.0 Å². The van der Waals surface area contributed by atoms with Gasteiger partial charge in [0.2, 0.25) is 11.9 Å². The van der Waals surface area contributed by atoms with E-state index in [0.29, 0.717) is 12.4 Å². The van der Waals surface area contributed by atoms with Crippen molar-refractivity contribution in [2.45, 2.75) is 26.3 Å².